The van der Waals surface area contributed by atoms with Crippen molar-refractivity contribution >= 4 is 0 Å². The van der Waals surface area contributed by atoms with Gasteiger partial charge >= 0.3 is 5.76 Å². The molecular weight excluding hydrogens is 164 g/mol. The summed E-state index contributed by atoms with van der Waals surface area (Å²) in [6.45, 7) is 1.46. The van der Waals surface area contributed by atoms with Gasteiger partial charge in [-0.05, 0) is 0 Å². The lowest BCUT2D eigenvalue weighted by Gasteiger charge is -2.19. The average molecular weight is 172 g/mol. The summed E-state index contributed by atoms with van der Waals surface area (Å²) in [7, 11) is 0. The molecule has 0 aliphatic carbocycles. The van der Waals surface area contributed by atoms with Crippen molar-refractivity contribution in [1.29, 1.82) is 0 Å². The van der Waals surface area contributed by atoms with Gasteiger partial charge in [-0.3, -0.25) is 0 Å². The summed E-state index contributed by atoms with van der Waals surface area (Å²) in [6, 6.07) is 0. The van der Waals surface area contributed by atoms with Crippen LogP contribution in [0.25, 0.3) is 0 Å². The van der Waals surface area contributed by atoms with Gasteiger partial charge in [0.25, 0.3) is 0 Å². The third-order valence-corrected chi connectivity index (χ3v) is 1.55. The SMILES string of the molecule is O=c1[nH]nc(C2COCCO2)o1. The zero-order valence-electron chi connectivity index (χ0n) is 6.28. The molecule has 2 rings (SSSR count). The first kappa shape index (κ1) is 7.51. The van der Waals surface area contributed by atoms with Gasteiger partial charge < -0.3 is 13.9 Å². The van der Waals surface area contributed by atoms with Crippen molar-refractivity contribution in [3.63, 3.8) is 0 Å². The molecule has 1 aliphatic rings. The second kappa shape index (κ2) is 3.08. The minimum atomic E-state index is -0.570. The van der Waals surface area contributed by atoms with E-state index >= 15 is 0 Å². The molecule has 1 aliphatic heterocycles. The Balaban J connectivity index is 2.13. The highest BCUT2D eigenvalue weighted by molar-refractivity contribution is 4.82. The Morgan fingerprint density at radius 1 is 1.50 bits per heavy atom. The first-order chi connectivity index (χ1) is 5.86. The van der Waals surface area contributed by atoms with E-state index in [1.54, 1.807) is 0 Å². The maximum absolute atomic E-state index is 10.6. The molecule has 0 amide bonds. The summed E-state index contributed by atoms with van der Waals surface area (Å²) in [5, 5.41) is 5.79. The zero-order chi connectivity index (χ0) is 8.39. The largest absolute Gasteiger partial charge is 0.434 e. The Bertz CT molecular complexity index is 298. The molecule has 0 aromatic carbocycles. The molecule has 6 heteroatoms. The summed E-state index contributed by atoms with van der Waals surface area (Å²) in [5.74, 6) is -0.320. The van der Waals surface area contributed by atoms with Crippen LogP contribution in [-0.2, 0) is 9.47 Å². The second-order valence-electron chi connectivity index (χ2n) is 2.39. The number of hydrogen-bond acceptors (Lipinski definition) is 5. The van der Waals surface area contributed by atoms with Crippen molar-refractivity contribution in [1.82, 2.24) is 10.2 Å². The van der Waals surface area contributed by atoms with Crippen LogP contribution < -0.4 is 5.76 Å². The number of hydrogen-bond donors (Lipinski definition) is 1. The highest BCUT2D eigenvalue weighted by Crippen LogP contribution is 2.16. The molecule has 1 fully saturated rings. The zero-order valence-corrected chi connectivity index (χ0v) is 6.28. The van der Waals surface area contributed by atoms with E-state index in [1.165, 1.54) is 0 Å². The van der Waals surface area contributed by atoms with Crippen LogP contribution in [0.2, 0.25) is 0 Å². The molecule has 12 heavy (non-hydrogen) atoms. The Morgan fingerprint density at radius 3 is 3.00 bits per heavy atom. The topological polar surface area (TPSA) is 77.4 Å². The lowest BCUT2D eigenvalue weighted by atomic mass is 10.3. The van der Waals surface area contributed by atoms with Crippen LogP contribution in [0.5, 0.6) is 0 Å². The molecule has 0 radical (unpaired) electrons. The monoisotopic (exact) mass is 172 g/mol. The van der Waals surface area contributed by atoms with Crippen molar-refractivity contribution in [3.05, 3.63) is 16.4 Å². The summed E-state index contributed by atoms with van der Waals surface area (Å²) in [5.41, 5.74) is 0. The molecule has 1 unspecified atom stereocenters. The summed E-state index contributed by atoms with van der Waals surface area (Å²) >= 11 is 0. The van der Waals surface area contributed by atoms with Crippen molar-refractivity contribution in [2.45, 2.75) is 6.10 Å². The third-order valence-electron chi connectivity index (χ3n) is 1.55. The first-order valence-corrected chi connectivity index (χ1v) is 3.61. The Kier molecular flexibility index (Phi) is 1.92. The number of ether oxygens (including phenoxy) is 2. The molecule has 6 nitrogen and oxygen atoms in total. The van der Waals surface area contributed by atoms with Crippen LogP contribution >= 0.6 is 0 Å². The normalized spacial score (nSPS) is 24.2. The molecular formula is C6H8N2O4. The van der Waals surface area contributed by atoms with Crippen LogP contribution in [-0.4, -0.2) is 30.0 Å². The van der Waals surface area contributed by atoms with Gasteiger partial charge in [-0.1, -0.05) is 0 Å². The van der Waals surface area contributed by atoms with E-state index in [0.29, 0.717) is 19.8 Å². The van der Waals surface area contributed by atoms with E-state index in [0.717, 1.165) is 0 Å². The number of nitrogens with zero attached hydrogens (tertiary/aromatic N) is 1. The van der Waals surface area contributed by atoms with Gasteiger partial charge in [-0.25, -0.2) is 9.89 Å². The molecule has 0 saturated carbocycles. The number of nitrogens with one attached hydrogen (secondary N) is 1. The number of aromatic nitrogens is 2. The third kappa shape index (κ3) is 1.39. The summed E-state index contributed by atoms with van der Waals surface area (Å²) in [6.07, 6.45) is -0.349. The van der Waals surface area contributed by atoms with Gasteiger partial charge in [0, 0.05) is 0 Å². The molecule has 66 valence electrons. The van der Waals surface area contributed by atoms with Crippen molar-refractivity contribution < 1.29 is 13.9 Å². The maximum Gasteiger partial charge on any atom is 0.434 e. The van der Waals surface area contributed by atoms with Crippen LogP contribution in [0.15, 0.2) is 9.21 Å². The van der Waals surface area contributed by atoms with E-state index in [9.17, 15) is 4.79 Å². The van der Waals surface area contributed by atoms with Gasteiger partial charge in [0.15, 0.2) is 6.10 Å². The van der Waals surface area contributed by atoms with Crippen molar-refractivity contribution in [2.24, 2.45) is 0 Å². The fourth-order valence-electron chi connectivity index (χ4n) is 1.01. The van der Waals surface area contributed by atoms with Crippen LogP contribution in [0.1, 0.15) is 12.0 Å². The van der Waals surface area contributed by atoms with E-state index in [-0.39, 0.29) is 12.0 Å². The molecule has 1 aromatic heterocycles. The highest BCUT2D eigenvalue weighted by atomic mass is 16.6. The summed E-state index contributed by atoms with van der Waals surface area (Å²) < 4.78 is 15.0. The van der Waals surface area contributed by atoms with Gasteiger partial charge in [0.05, 0.1) is 19.8 Å². The standard InChI is InChI=1S/C6H8N2O4/c9-6-8-7-5(12-6)4-3-10-1-2-11-4/h4H,1-3H2,(H,8,9). The van der Waals surface area contributed by atoms with Crippen LogP contribution in [0.4, 0.5) is 0 Å². The molecule has 1 N–H and O–H groups in total. The van der Waals surface area contributed by atoms with E-state index in [4.69, 9.17) is 13.9 Å². The van der Waals surface area contributed by atoms with Crippen LogP contribution in [0, 0.1) is 0 Å². The number of rotatable bonds is 1. The predicted octanol–water partition coefficient (Wildman–Crippen LogP) is -0.549. The molecule has 1 atom stereocenters. The fraction of sp³-hybridized carbons (Fsp3) is 0.667. The molecule has 1 saturated heterocycles. The first-order valence-electron chi connectivity index (χ1n) is 3.61. The average Bonchev–Trinajstić information content (AvgIpc) is 2.54. The van der Waals surface area contributed by atoms with E-state index < -0.39 is 5.76 Å². The maximum atomic E-state index is 10.6. The van der Waals surface area contributed by atoms with E-state index in [1.807, 2.05) is 0 Å². The minimum absolute atomic E-state index is 0.250. The van der Waals surface area contributed by atoms with E-state index in [2.05, 4.69) is 10.2 Å². The lowest BCUT2D eigenvalue weighted by molar-refractivity contribution is -0.0999. The van der Waals surface area contributed by atoms with Gasteiger partial charge in [-0.15, -0.1) is 5.10 Å². The van der Waals surface area contributed by atoms with Gasteiger partial charge in [0.1, 0.15) is 0 Å². The smallest absolute Gasteiger partial charge is 0.389 e. The molecule has 1 aromatic rings. The number of H-pyrrole nitrogens is 1. The Labute approximate surface area is 67.5 Å². The van der Waals surface area contributed by atoms with Crippen molar-refractivity contribution in [3.8, 4) is 0 Å². The minimum Gasteiger partial charge on any atom is -0.389 e. The molecule has 0 spiro atoms. The lowest BCUT2D eigenvalue weighted by Crippen LogP contribution is -2.22. The van der Waals surface area contributed by atoms with Gasteiger partial charge in [0.2, 0.25) is 5.89 Å². The van der Waals surface area contributed by atoms with Crippen molar-refractivity contribution in [2.75, 3.05) is 19.8 Å². The predicted molar refractivity (Wildman–Crippen MR) is 36.6 cm³/mol. The van der Waals surface area contributed by atoms with Gasteiger partial charge in [-0.2, -0.15) is 0 Å². The second-order valence-corrected chi connectivity index (χ2v) is 2.39. The summed E-state index contributed by atoms with van der Waals surface area (Å²) in [4.78, 5) is 10.6. The van der Waals surface area contributed by atoms with Crippen LogP contribution in [0.3, 0.4) is 0 Å². The highest BCUT2D eigenvalue weighted by Gasteiger charge is 2.21. The quantitative estimate of drug-likeness (QED) is 0.615. The fourth-order valence-corrected chi connectivity index (χ4v) is 1.01. The molecule has 2 heterocycles. The number of aromatic amines is 1. The molecule has 0 bridgehead atoms. The Morgan fingerprint density at radius 2 is 2.42 bits per heavy atom. The Hall–Kier alpha value is -1.14.